The number of aliphatic hydroxyl groups is 1. The van der Waals surface area contributed by atoms with Crippen molar-refractivity contribution in [1.29, 1.82) is 0 Å². The molecule has 3 aromatic rings. The van der Waals surface area contributed by atoms with Crippen molar-refractivity contribution in [3.05, 3.63) is 51.9 Å². The van der Waals surface area contributed by atoms with Crippen LogP contribution >= 0.6 is 0 Å². The normalized spacial score (nSPS) is 18.2. The molecule has 1 aromatic carbocycles. The van der Waals surface area contributed by atoms with Crippen LogP contribution in [0.15, 0.2) is 35.3 Å². The third-order valence-electron chi connectivity index (χ3n) is 6.55. The van der Waals surface area contributed by atoms with Gasteiger partial charge in [0.15, 0.2) is 0 Å². The molecule has 0 saturated carbocycles. The monoisotopic (exact) mass is 467 g/mol. The standard InChI is InChI=1S/C25H33N5O4/c1-15-9-19(14-29(3)24(15)32)23-28-20-7-6-17(12-27-22(16(2)31)25(33)34)10-21(20)30(23)13-18-5-4-8-26-11-18/h6-7,9-10,14,16,18,22,26-27,31H,4-5,8,11-13H2,1-3H3,(H,33,34)/t16-,18?,22+/m1/s1. The summed E-state index contributed by atoms with van der Waals surface area (Å²) in [5.41, 5.74) is 4.25. The van der Waals surface area contributed by atoms with Gasteiger partial charge in [-0.15, -0.1) is 0 Å². The van der Waals surface area contributed by atoms with Gasteiger partial charge < -0.3 is 24.7 Å². The van der Waals surface area contributed by atoms with Crippen molar-refractivity contribution in [2.45, 2.75) is 51.9 Å². The molecule has 0 amide bonds. The maximum absolute atomic E-state index is 12.3. The number of carboxylic acids is 1. The summed E-state index contributed by atoms with van der Waals surface area (Å²) < 4.78 is 3.81. The number of fused-ring (bicyclic) bond motifs is 1. The maximum Gasteiger partial charge on any atom is 0.323 e. The van der Waals surface area contributed by atoms with Crippen LogP contribution in [-0.4, -0.2) is 55.5 Å². The summed E-state index contributed by atoms with van der Waals surface area (Å²) in [7, 11) is 1.75. The van der Waals surface area contributed by atoms with Gasteiger partial charge in [-0.05, 0) is 69.5 Å². The number of carboxylic acid groups (broad SMARTS) is 1. The molecule has 9 nitrogen and oxygen atoms in total. The Bertz CT molecular complexity index is 1210. The lowest BCUT2D eigenvalue weighted by Crippen LogP contribution is -2.44. The summed E-state index contributed by atoms with van der Waals surface area (Å²) in [6.07, 6.45) is 3.09. The number of rotatable bonds is 8. The van der Waals surface area contributed by atoms with Crippen LogP contribution in [0.5, 0.6) is 0 Å². The van der Waals surface area contributed by atoms with Crippen LogP contribution in [0.2, 0.25) is 0 Å². The van der Waals surface area contributed by atoms with Gasteiger partial charge in [0.05, 0.1) is 17.1 Å². The molecule has 1 aliphatic rings. The largest absolute Gasteiger partial charge is 0.480 e. The fraction of sp³-hybridized carbons (Fsp3) is 0.480. The van der Waals surface area contributed by atoms with Crippen molar-refractivity contribution in [2.75, 3.05) is 13.1 Å². The molecule has 1 saturated heterocycles. The molecular formula is C25H33N5O4. The number of nitrogens with one attached hydrogen (secondary N) is 2. The molecule has 9 heteroatoms. The Morgan fingerprint density at radius 2 is 2.15 bits per heavy atom. The number of pyridine rings is 1. The minimum absolute atomic E-state index is 0.0256. The van der Waals surface area contributed by atoms with Gasteiger partial charge in [0.25, 0.3) is 5.56 Å². The number of hydrogen-bond donors (Lipinski definition) is 4. The highest BCUT2D eigenvalue weighted by Crippen LogP contribution is 2.28. The van der Waals surface area contributed by atoms with E-state index in [2.05, 4.69) is 15.2 Å². The van der Waals surface area contributed by atoms with Crippen molar-refractivity contribution >= 4 is 17.0 Å². The van der Waals surface area contributed by atoms with E-state index < -0.39 is 18.1 Å². The second kappa shape index (κ2) is 10.1. The van der Waals surface area contributed by atoms with Crippen LogP contribution in [0.3, 0.4) is 0 Å². The van der Waals surface area contributed by atoms with Crippen LogP contribution in [0.1, 0.15) is 30.9 Å². The highest BCUT2D eigenvalue weighted by molar-refractivity contribution is 5.81. The number of nitrogens with zero attached hydrogens (tertiary/aromatic N) is 3. The highest BCUT2D eigenvalue weighted by Gasteiger charge is 2.23. The van der Waals surface area contributed by atoms with E-state index in [1.807, 2.05) is 37.4 Å². The molecule has 1 fully saturated rings. The summed E-state index contributed by atoms with van der Waals surface area (Å²) in [6.45, 7) is 6.36. The Balaban J connectivity index is 1.75. The predicted octanol–water partition coefficient (Wildman–Crippen LogP) is 1.63. The number of imidazole rings is 1. The number of aromatic nitrogens is 3. The average molecular weight is 468 g/mol. The van der Waals surface area contributed by atoms with Gasteiger partial charge in [-0.25, -0.2) is 4.98 Å². The number of piperidine rings is 1. The van der Waals surface area contributed by atoms with Gasteiger partial charge >= 0.3 is 5.97 Å². The van der Waals surface area contributed by atoms with Gasteiger partial charge in [-0.3, -0.25) is 14.9 Å². The van der Waals surface area contributed by atoms with Crippen LogP contribution in [0, 0.1) is 12.8 Å². The number of aliphatic carboxylic acids is 1. The summed E-state index contributed by atoms with van der Waals surface area (Å²) in [6, 6.07) is 6.74. The van der Waals surface area contributed by atoms with E-state index >= 15 is 0 Å². The first-order valence-corrected chi connectivity index (χ1v) is 11.8. The van der Waals surface area contributed by atoms with Gasteiger partial charge in [0.2, 0.25) is 0 Å². The van der Waals surface area contributed by atoms with Crippen molar-refractivity contribution in [3.63, 3.8) is 0 Å². The zero-order valence-corrected chi connectivity index (χ0v) is 19.9. The van der Waals surface area contributed by atoms with Gasteiger partial charge in [0.1, 0.15) is 11.9 Å². The first kappa shape index (κ1) is 24.1. The summed E-state index contributed by atoms with van der Waals surface area (Å²) in [4.78, 5) is 28.6. The molecule has 0 radical (unpaired) electrons. The second-order valence-electron chi connectivity index (χ2n) is 9.35. The number of hydrogen-bond acceptors (Lipinski definition) is 6. The topological polar surface area (TPSA) is 121 Å². The third kappa shape index (κ3) is 5.06. The van der Waals surface area contributed by atoms with Crippen molar-refractivity contribution in [1.82, 2.24) is 24.8 Å². The summed E-state index contributed by atoms with van der Waals surface area (Å²) in [5.74, 6) is 0.196. The number of carbonyl (C=O) groups is 1. The minimum atomic E-state index is -1.08. The van der Waals surface area contributed by atoms with E-state index in [9.17, 15) is 19.8 Å². The molecule has 34 heavy (non-hydrogen) atoms. The second-order valence-corrected chi connectivity index (χ2v) is 9.35. The SMILES string of the molecule is Cc1cc(-c2nc3ccc(CN[C@H](C(=O)O)[C@@H](C)O)cc3n2CC2CCCNC2)cn(C)c1=O. The predicted molar refractivity (Wildman–Crippen MR) is 131 cm³/mol. The summed E-state index contributed by atoms with van der Waals surface area (Å²) in [5, 5.41) is 25.5. The summed E-state index contributed by atoms with van der Waals surface area (Å²) >= 11 is 0. The van der Waals surface area contributed by atoms with E-state index in [4.69, 9.17) is 4.98 Å². The van der Waals surface area contributed by atoms with E-state index in [0.29, 0.717) is 18.0 Å². The van der Waals surface area contributed by atoms with Crippen LogP contribution in [-0.2, 0) is 24.9 Å². The van der Waals surface area contributed by atoms with Crippen LogP contribution in [0.4, 0.5) is 0 Å². The number of aryl methyl sites for hydroxylation is 2. The molecule has 3 heterocycles. The van der Waals surface area contributed by atoms with Gasteiger partial charge in [-0.1, -0.05) is 6.07 Å². The Labute approximate surface area is 198 Å². The molecule has 4 N–H and O–H groups in total. The Morgan fingerprint density at radius 3 is 2.79 bits per heavy atom. The molecule has 4 rings (SSSR count). The molecule has 0 spiro atoms. The number of benzene rings is 1. The Hall–Kier alpha value is -3.01. The molecular weight excluding hydrogens is 434 g/mol. The zero-order valence-electron chi connectivity index (χ0n) is 19.9. The lowest BCUT2D eigenvalue weighted by Gasteiger charge is -2.24. The van der Waals surface area contributed by atoms with E-state index in [-0.39, 0.29) is 5.56 Å². The first-order chi connectivity index (χ1) is 16.2. The fourth-order valence-corrected chi connectivity index (χ4v) is 4.71. The third-order valence-corrected chi connectivity index (χ3v) is 6.55. The van der Waals surface area contributed by atoms with Crippen LogP contribution in [0.25, 0.3) is 22.4 Å². The first-order valence-electron chi connectivity index (χ1n) is 11.8. The molecule has 1 aliphatic heterocycles. The highest BCUT2D eigenvalue weighted by atomic mass is 16.4. The van der Waals surface area contributed by atoms with Crippen molar-refractivity contribution in [3.8, 4) is 11.4 Å². The molecule has 1 unspecified atom stereocenters. The molecule has 0 bridgehead atoms. The van der Waals surface area contributed by atoms with E-state index in [1.165, 1.54) is 6.92 Å². The smallest absolute Gasteiger partial charge is 0.323 e. The Kier molecular flexibility index (Phi) is 7.16. The van der Waals surface area contributed by atoms with Gasteiger partial charge in [0, 0.05) is 37.5 Å². The Morgan fingerprint density at radius 1 is 1.35 bits per heavy atom. The number of aliphatic hydroxyl groups excluding tert-OH is 1. The molecule has 182 valence electrons. The van der Waals surface area contributed by atoms with E-state index in [0.717, 1.165) is 60.5 Å². The van der Waals surface area contributed by atoms with E-state index in [1.54, 1.807) is 11.6 Å². The minimum Gasteiger partial charge on any atom is -0.480 e. The molecule has 2 aromatic heterocycles. The lowest BCUT2D eigenvalue weighted by molar-refractivity contribution is -0.142. The van der Waals surface area contributed by atoms with Crippen molar-refractivity contribution in [2.24, 2.45) is 13.0 Å². The van der Waals surface area contributed by atoms with Gasteiger partial charge in [-0.2, -0.15) is 0 Å². The fourth-order valence-electron chi connectivity index (χ4n) is 4.71. The van der Waals surface area contributed by atoms with Crippen molar-refractivity contribution < 1.29 is 15.0 Å². The average Bonchev–Trinajstić information content (AvgIpc) is 3.15. The molecule has 0 aliphatic carbocycles. The maximum atomic E-state index is 12.3. The zero-order chi connectivity index (χ0) is 24.4. The quantitative estimate of drug-likeness (QED) is 0.397. The van der Waals surface area contributed by atoms with Crippen LogP contribution < -0.4 is 16.2 Å². The lowest BCUT2D eigenvalue weighted by atomic mass is 9.99. The molecule has 3 atom stereocenters.